The van der Waals surface area contributed by atoms with Crippen molar-refractivity contribution in [1.29, 1.82) is 5.26 Å². The summed E-state index contributed by atoms with van der Waals surface area (Å²) in [6.45, 7) is 2.20. The molecule has 4 rings (SSSR count). The molecule has 1 unspecified atom stereocenters. The molecule has 0 bridgehead atoms. The number of ketones is 1. The van der Waals surface area contributed by atoms with Crippen LogP contribution in [0.1, 0.15) is 40.7 Å². The molecule has 0 spiro atoms. The van der Waals surface area contributed by atoms with Crippen molar-refractivity contribution in [3.05, 3.63) is 69.3 Å². The molecular weight excluding hydrogens is 388 g/mol. The quantitative estimate of drug-likeness (QED) is 0.396. The Balaban J connectivity index is 1.58. The Morgan fingerprint density at radius 1 is 1.41 bits per heavy atom. The van der Waals surface area contributed by atoms with Crippen LogP contribution in [0.25, 0.3) is 5.69 Å². The second kappa shape index (κ2) is 8.05. The lowest BCUT2D eigenvalue weighted by Gasteiger charge is -2.21. The highest BCUT2D eigenvalue weighted by atomic mass is 32.2. The van der Waals surface area contributed by atoms with Crippen molar-refractivity contribution in [2.24, 2.45) is 5.92 Å². The van der Waals surface area contributed by atoms with Crippen LogP contribution in [0.2, 0.25) is 0 Å². The maximum Gasteiger partial charge on any atom is 0.438 e. The fraction of sp³-hybridized carbons (Fsp3) is 0.286. The number of carbonyl (C=O) groups is 1. The van der Waals surface area contributed by atoms with Crippen LogP contribution in [0.5, 0.6) is 0 Å². The van der Waals surface area contributed by atoms with E-state index in [-0.39, 0.29) is 11.4 Å². The number of nitrogens with one attached hydrogen (secondary N) is 1. The summed E-state index contributed by atoms with van der Waals surface area (Å²) in [7, 11) is 0. The number of H-pyrrole nitrogens is 1. The van der Waals surface area contributed by atoms with E-state index < -0.39 is 11.4 Å². The topological polar surface area (TPSA) is 104 Å². The number of rotatable bonds is 5. The van der Waals surface area contributed by atoms with Gasteiger partial charge in [0.1, 0.15) is 11.1 Å². The molecule has 0 amide bonds. The van der Waals surface area contributed by atoms with E-state index >= 15 is 0 Å². The van der Waals surface area contributed by atoms with Crippen LogP contribution in [0.4, 0.5) is 0 Å². The van der Waals surface area contributed by atoms with E-state index in [0.717, 1.165) is 30.5 Å². The highest BCUT2D eigenvalue weighted by Crippen LogP contribution is 2.29. The molecule has 1 N–H and O–H groups in total. The molecule has 1 aromatic carbocycles. The number of Topliss-reactive ketones (excluding diaryl/α,β-unsaturated/α-hetero) is 1. The van der Waals surface area contributed by atoms with Gasteiger partial charge in [0.05, 0.1) is 11.3 Å². The number of aryl methyl sites for hydroxylation is 1. The van der Waals surface area contributed by atoms with Crippen molar-refractivity contribution in [3.8, 4) is 11.8 Å². The first-order valence-electron chi connectivity index (χ1n) is 9.34. The van der Waals surface area contributed by atoms with Gasteiger partial charge in [0, 0.05) is 17.8 Å². The monoisotopic (exact) mass is 407 g/mol. The minimum Gasteiger partial charge on any atom is -0.286 e. The van der Waals surface area contributed by atoms with Crippen molar-refractivity contribution in [2.75, 3.05) is 5.75 Å². The summed E-state index contributed by atoms with van der Waals surface area (Å²) in [4.78, 5) is 29.5. The molecule has 7 nitrogen and oxygen atoms in total. The number of para-hydroxylation sites is 1. The van der Waals surface area contributed by atoms with Crippen molar-refractivity contribution in [1.82, 2.24) is 10.3 Å². The smallest absolute Gasteiger partial charge is 0.286 e. The number of pyridine rings is 1. The zero-order valence-corrected chi connectivity index (χ0v) is 16.7. The van der Waals surface area contributed by atoms with Gasteiger partial charge >= 0.3 is 11.3 Å². The summed E-state index contributed by atoms with van der Waals surface area (Å²) in [6.07, 6.45) is 2.86. The van der Waals surface area contributed by atoms with Crippen LogP contribution in [0.15, 0.2) is 50.7 Å². The van der Waals surface area contributed by atoms with E-state index in [4.69, 9.17) is 4.52 Å². The maximum absolute atomic E-state index is 12.8. The third kappa shape index (κ3) is 3.87. The minimum absolute atomic E-state index is 0.0215. The van der Waals surface area contributed by atoms with Gasteiger partial charge in [0.15, 0.2) is 0 Å². The summed E-state index contributed by atoms with van der Waals surface area (Å²) < 4.78 is 6.17. The molecule has 1 aliphatic rings. The molecule has 29 heavy (non-hydrogen) atoms. The summed E-state index contributed by atoms with van der Waals surface area (Å²) in [6, 6.07) is 13.0. The Morgan fingerprint density at radius 2 is 2.21 bits per heavy atom. The summed E-state index contributed by atoms with van der Waals surface area (Å²) >= 11 is 1.17. The van der Waals surface area contributed by atoms with E-state index in [1.54, 1.807) is 24.3 Å². The van der Waals surface area contributed by atoms with Gasteiger partial charge in [-0.15, -0.1) is 0 Å². The maximum atomic E-state index is 12.8. The van der Waals surface area contributed by atoms with Gasteiger partial charge < -0.3 is 0 Å². The number of nitriles is 1. The number of benzene rings is 1. The average Bonchev–Trinajstić information content (AvgIpc) is 3.13. The third-order valence-electron chi connectivity index (χ3n) is 4.98. The number of thioether (sulfide) groups is 1. The van der Waals surface area contributed by atoms with Crippen molar-refractivity contribution < 1.29 is 14.0 Å². The number of aromatic nitrogens is 3. The molecule has 3 aromatic rings. The standard InChI is InChI=1S/C21H18N4O3S/c1-13-7-8-17-14(9-13)10-15(11-22)20(23-17)29-12-18(26)19-21(27)28-24-25(19)16-5-3-2-4-6-16/h2-6,10,13H,7-9,12H2,1H3/p+1. The lowest BCUT2D eigenvalue weighted by molar-refractivity contribution is -0.672. The van der Waals surface area contributed by atoms with Gasteiger partial charge in [-0.05, 0) is 46.8 Å². The first-order chi connectivity index (χ1) is 14.1. The van der Waals surface area contributed by atoms with Gasteiger partial charge in [-0.3, -0.25) is 9.32 Å². The summed E-state index contributed by atoms with van der Waals surface area (Å²) in [5.41, 5.74) is 2.38. The Kier molecular flexibility index (Phi) is 5.32. The Hall–Kier alpha value is -3.18. The van der Waals surface area contributed by atoms with E-state index in [2.05, 4.69) is 23.2 Å². The number of aromatic amines is 1. The molecule has 0 fully saturated rings. The lowest BCUT2D eigenvalue weighted by atomic mass is 9.87. The predicted octanol–water partition coefficient (Wildman–Crippen LogP) is 2.61. The third-order valence-corrected chi connectivity index (χ3v) is 5.98. The van der Waals surface area contributed by atoms with Gasteiger partial charge in [-0.25, -0.2) is 9.78 Å². The largest absolute Gasteiger partial charge is 0.438 e. The second-order valence-corrected chi connectivity index (χ2v) is 8.08. The molecule has 2 heterocycles. The first kappa shape index (κ1) is 19.2. The molecule has 0 saturated carbocycles. The Labute approximate surface area is 171 Å². The van der Waals surface area contributed by atoms with Crippen LogP contribution in [-0.2, 0) is 12.8 Å². The summed E-state index contributed by atoms with van der Waals surface area (Å²) in [5, 5.41) is 12.5. The number of carbonyl (C=O) groups excluding carboxylic acids is 1. The predicted molar refractivity (Wildman–Crippen MR) is 106 cm³/mol. The number of fused-ring (bicyclic) bond motifs is 1. The molecule has 2 aromatic heterocycles. The van der Waals surface area contributed by atoms with Crippen LogP contribution >= 0.6 is 11.8 Å². The van der Waals surface area contributed by atoms with Crippen molar-refractivity contribution in [2.45, 2.75) is 31.2 Å². The highest BCUT2D eigenvalue weighted by Gasteiger charge is 2.31. The molecule has 146 valence electrons. The zero-order chi connectivity index (χ0) is 20.4. The molecule has 1 atom stereocenters. The Bertz CT molecular complexity index is 1160. The van der Waals surface area contributed by atoms with Crippen LogP contribution in [0, 0.1) is 17.2 Å². The normalized spacial score (nSPS) is 15.5. The van der Waals surface area contributed by atoms with Crippen LogP contribution in [-0.4, -0.2) is 21.8 Å². The molecule has 0 aliphatic heterocycles. The molecule has 1 aliphatic carbocycles. The number of hydrogen-bond acceptors (Lipinski definition) is 6. The van der Waals surface area contributed by atoms with Crippen LogP contribution < -0.4 is 10.3 Å². The lowest BCUT2D eigenvalue weighted by Crippen LogP contribution is -2.41. The number of nitrogens with zero attached hydrogens (tertiary/aromatic N) is 3. The van der Waals surface area contributed by atoms with E-state index in [9.17, 15) is 14.9 Å². The molecule has 0 radical (unpaired) electrons. The minimum atomic E-state index is -0.729. The van der Waals surface area contributed by atoms with Gasteiger partial charge in [0.2, 0.25) is 11.5 Å². The summed E-state index contributed by atoms with van der Waals surface area (Å²) in [5.74, 6) is 0.162. The van der Waals surface area contributed by atoms with E-state index in [1.807, 2.05) is 12.1 Å². The number of hydrogen-bond donors (Lipinski definition) is 1. The average molecular weight is 407 g/mol. The van der Waals surface area contributed by atoms with Gasteiger partial charge in [-0.2, -0.15) is 5.26 Å². The first-order valence-corrected chi connectivity index (χ1v) is 10.3. The second-order valence-electron chi connectivity index (χ2n) is 7.12. The van der Waals surface area contributed by atoms with Crippen LogP contribution in [0.3, 0.4) is 0 Å². The molecule has 0 saturated heterocycles. The SMILES string of the molecule is CC1CCc2nc(SCC(=O)c3c(=O)o[nH][n+]3-c3ccccc3)c(C#N)cc2C1. The van der Waals surface area contributed by atoms with E-state index in [1.165, 1.54) is 16.4 Å². The molecular formula is C21H19N4O3S+. The highest BCUT2D eigenvalue weighted by molar-refractivity contribution is 8.00. The zero-order valence-electron chi connectivity index (χ0n) is 15.8. The fourth-order valence-corrected chi connectivity index (χ4v) is 4.33. The van der Waals surface area contributed by atoms with E-state index in [0.29, 0.717) is 22.2 Å². The van der Waals surface area contributed by atoms with Gasteiger partial charge in [-0.1, -0.05) is 36.9 Å². The Morgan fingerprint density at radius 3 is 2.97 bits per heavy atom. The van der Waals surface area contributed by atoms with Crippen molar-refractivity contribution >= 4 is 17.5 Å². The van der Waals surface area contributed by atoms with Crippen molar-refractivity contribution in [3.63, 3.8) is 0 Å². The van der Waals surface area contributed by atoms with Gasteiger partial charge in [0.25, 0.3) is 0 Å². The fourth-order valence-electron chi connectivity index (χ4n) is 3.49. The molecule has 8 heteroatoms.